The van der Waals surface area contributed by atoms with Crippen molar-refractivity contribution in [2.45, 2.75) is 13.8 Å². The second-order valence-electron chi connectivity index (χ2n) is 4.83. The van der Waals surface area contributed by atoms with Crippen molar-refractivity contribution in [2.75, 3.05) is 0 Å². The molecular weight excluding hydrogens is 286 g/mol. The first-order valence-electron chi connectivity index (χ1n) is 6.38. The van der Waals surface area contributed by atoms with Crippen molar-refractivity contribution in [3.8, 4) is 11.4 Å². The molecule has 1 aromatic carbocycles. The molecule has 2 heterocycles. The number of thiophene rings is 1. The Labute approximate surface area is 124 Å². The number of primary amides is 1. The molecule has 3 N–H and O–H groups in total. The minimum Gasteiger partial charge on any atom is -0.365 e. The van der Waals surface area contributed by atoms with Gasteiger partial charge in [0.25, 0.3) is 11.5 Å². The van der Waals surface area contributed by atoms with E-state index in [2.05, 4.69) is 9.97 Å². The highest BCUT2D eigenvalue weighted by Crippen LogP contribution is 2.28. The molecule has 6 heteroatoms. The highest BCUT2D eigenvalue weighted by molar-refractivity contribution is 7.20. The average molecular weight is 299 g/mol. The number of aromatic nitrogens is 2. The topological polar surface area (TPSA) is 88.8 Å². The molecule has 0 saturated carbocycles. The van der Waals surface area contributed by atoms with E-state index in [4.69, 9.17) is 5.73 Å². The maximum Gasteiger partial charge on any atom is 0.260 e. The quantitative estimate of drug-likeness (QED) is 0.761. The van der Waals surface area contributed by atoms with Crippen LogP contribution in [0, 0.1) is 13.8 Å². The first-order valence-corrected chi connectivity index (χ1v) is 7.20. The number of H-pyrrole nitrogens is 1. The van der Waals surface area contributed by atoms with Crippen LogP contribution in [0.4, 0.5) is 0 Å². The standard InChI is InChI=1S/C15H13N3O2S/c1-7-5-3-4-6-9(7)13-17-14(20)10-8(2)11(12(16)19)21-15(10)18-13/h3-6H,1-2H3,(H2,16,19)(H,17,18,20). The smallest absolute Gasteiger partial charge is 0.260 e. The highest BCUT2D eigenvalue weighted by atomic mass is 32.1. The van der Waals surface area contributed by atoms with Gasteiger partial charge in [-0.1, -0.05) is 24.3 Å². The van der Waals surface area contributed by atoms with Crippen LogP contribution in [0.15, 0.2) is 29.1 Å². The third-order valence-electron chi connectivity index (χ3n) is 3.42. The Morgan fingerprint density at radius 3 is 2.67 bits per heavy atom. The zero-order valence-corrected chi connectivity index (χ0v) is 12.4. The minimum atomic E-state index is -0.535. The molecule has 1 amide bonds. The van der Waals surface area contributed by atoms with Gasteiger partial charge < -0.3 is 10.7 Å². The van der Waals surface area contributed by atoms with E-state index in [1.807, 2.05) is 31.2 Å². The van der Waals surface area contributed by atoms with E-state index in [0.717, 1.165) is 22.5 Å². The third kappa shape index (κ3) is 2.13. The minimum absolute atomic E-state index is 0.250. The number of fused-ring (bicyclic) bond motifs is 1. The molecule has 3 aromatic rings. The van der Waals surface area contributed by atoms with Crippen molar-refractivity contribution in [3.63, 3.8) is 0 Å². The van der Waals surface area contributed by atoms with Crippen molar-refractivity contribution in [1.82, 2.24) is 9.97 Å². The molecule has 0 radical (unpaired) electrons. The molecule has 3 rings (SSSR count). The van der Waals surface area contributed by atoms with Crippen LogP contribution in [-0.2, 0) is 0 Å². The van der Waals surface area contributed by atoms with Gasteiger partial charge in [-0.15, -0.1) is 11.3 Å². The van der Waals surface area contributed by atoms with Crippen molar-refractivity contribution in [1.29, 1.82) is 0 Å². The van der Waals surface area contributed by atoms with Gasteiger partial charge in [0.05, 0.1) is 10.3 Å². The summed E-state index contributed by atoms with van der Waals surface area (Å²) in [6, 6.07) is 7.67. The molecule has 106 valence electrons. The summed E-state index contributed by atoms with van der Waals surface area (Å²) in [6.45, 7) is 3.66. The number of rotatable bonds is 2. The number of hydrogen-bond donors (Lipinski definition) is 2. The van der Waals surface area contributed by atoms with E-state index < -0.39 is 5.91 Å². The zero-order valence-electron chi connectivity index (χ0n) is 11.6. The van der Waals surface area contributed by atoms with Gasteiger partial charge in [-0.05, 0) is 25.0 Å². The van der Waals surface area contributed by atoms with Crippen LogP contribution in [0.25, 0.3) is 21.6 Å². The second kappa shape index (κ2) is 4.82. The molecule has 0 aliphatic carbocycles. The Bertz CT molecular complexity index is 924. The van der Waals surface area contributed by atoms with E-state index in [1.165, 1.54) is 0 Å². The molecule has 2 aromatic heterocycles. The molecule has 0 atom stereocenters. The number of nitrogens with one attached hydrogen (secondary N) is 1. The second-order valence-corrected chi connectivity index (χ2v) is 5.83. The number of hydrogen-bond acceptors (Lipinski definition) is 4. The Hall–Kier alpha value is -2.47. The maximum absolute atomic E-state index is 12.3. The molecule has 0 unspecified atom stereocenters. The number of nitrogens with zero attached hydrogens (tertiary/aromatic N) is 1. The first kappa shape index (κ1) is 13.5. The molecule has 0 fully saturated rings. The summed E-state index contributed by atoms with van der Waals surface area (Å²) in [5.41, 5.74) is 7.55. The number of aryl methyl sites for hydroxylation is 2. The number of carbonyl (C=O) groups is 1. The van der Waals surface area contributed by atoms with E-state index in [1.54, 1.807) is 6.92 Å². The summed E-state index contributed by atoms with van der Waals surface area (Å²) < 4.78 is 0. The van der Waals surface area contributed by atoms with E-state index in [0.29, 0.717) is 26.5 Å². The van der Waals surface area contributed by atoms with Gasteiger partial charge in [-0.3, -0.25) is 9.59 Å². The van der Waals surface area contributed by atoms with Gasteiger partial charge >= 0.3 is 0 Å². The van der Waals surface area contributed by atoms with Crippen LogP contribution in [-0.4, -0.2) is 15.9 Å². The summed E-state index contributed by atoms with van der Waals surface area (Å²) in [4.78, 5) is 31.9. The SMILES string of the molecule is Cc1ccccc1-c1nc2sc(C(N)=O)c(C)c2c(=O)[nH]1. The van der Waals surface area contributed by atoms with Crippen LogP contribution < -0.4 is 11.3 Å². The highest BCUT2D eigenvalue weighted by Gasteiger charge is 2.18. The summed E-state index contributed by atoms with van der Waals surface area (Å²) in [5.74, 6) is -0.0322. The lowest BCUT2D eigenvalue weighted by Gasteiger charge is -2.04. The number of amides is 1. The molecule has 0 bridgehead atoms. The monoisotopic (exact) mass is 299 g/mol. The summed E-state index contributed by atoms with van der Waals surface area (Å²) in [7, 11) is 0. The third-order valence-corrected chi connectivity index (χ3v) is 4.62. The predicted molar refractivity (Wildman–Crippen MR) is 83.7 cm³/mol. The van der Waals surface area contributed by atoms with E-state index >= 15 is 0 Å². The molecule has 5 nitrogen and oxygen atoms in total. The number of benzene rings is 1. The molecule has 0 aliphatic heterocycles. The molecule has 0 saturated heterocycles. The van der Waals surface area contributed by atoms with Gasteiger partial charge in [-0.25, -0.2) is 4.98 Å². The van der Waals surface area contributed by atoms with E-state index in [-0.39, 0.29) is 5.56 Å². The average Bonchev–Trinajstić information content (AvgIpc) is 2.77. The van der Waals surface area contributed by atoms with Crippen molar-refractivity contribution in [3.05, 3.63) is 50.6 Å². The van der Waals surface area contributed by atoms with Crippen LogP contribution >= 0.6 is 11.3 Å². The predicted octanol–water partition coefficient (Wildman–Crippen LogP) is 2.37. The lowest BCUT2D eigenvalue weighted by atomic mass is 10.1. The molecule has 21 heavy (non-hydrogen) atoms. The van der Waals surface area contributed by atoms with Gasteiger partial charge in [0.2, 0.25) is 0 Å². The normalized spacial score (nSPS) is 11.0. The van der Waals surface area contributed by atoms with Crippen LogP contribution in [0.5, 0.6) is 0 Å². The van der Waals surface area contributed by atoms with E-state index in [9.17, 15) is 9.59 Å². The summed E-state index contributed by atoms with van der Waals surface area (Å²) in [5, 5.41) is 0.436. The van der Waals surface area contributed by atoms with Crippen LogP contribution in [0.1, 0.15) is 20.8 Å². The van der Waals surface area contributed by atoms with Crippen molar-refractivity contribution >= 4 is 27.5 Å². The van der Waals surface area contributed by atoms with Crippen LogP contribution in [0.2, 0.25) is 0 Å². The fourth-order valence-electron chi connectivity index (χ4n) is 2.35. The number of carbonyl (C=O) groups excluding carboxylic acids is 1. The van der Waals surface area contributed by atoms with Crippen molar-refractivity contribution < 1.29 is 4.79 Å². The largest absolute Gasteiger partial charge is 0.365 e. The fraction of sp³-hybridized carbons (Fsp3) is 0.133. The Balaban J connectivity index is 2.32. The number of nitrogens with two attached hydrogens (primary N) is 1. The Morgan fingerprint density at radius 2 is 2.00 bits per heavy atom. The fourth-order valence-corrected chi connectivity index (χ4v) is 3.38. The first-order chi connectivity index (χ1) is 9.99. The summed E-state index contributed by atoms with van der Waals surface area (Å²) >= 11 is 1.16. The lowest BCUT2D eigenvalue weighted by molar-refractivity contribution is 0.100. The maximum atomic E-state index is 12.3. The van der Waals surface area contributed by atoms with Gasteiger partial charge in [0.1, 0.15) is 10.7 Å². The molecular formula is C15H13N3O2S. The molecule has 0 spiro atoms. The Kier molecular flexibility index (Phi) is 3.10. The lowest BCUT2D eigenvalue weighted by Crippen LogP contribution is -2.12. The Morgan fingerprint density at radius 1 is 1.29 bits per heavy atom. The molecule has 0 aliphatic rings. The van der Waals surface area contributed by atoms with Gasteiger partial charge in [0, 0.05) is 5.56 Å². The summed E-state index contributed by atoms with van der Waals surface area (Å²) in [6.07, 6.45) is 0. The van der Waals surface area contributed by atoms with Crippen LogP contribution in [0.3, 0.4) is 0 Å². The number of aromatic amines is 1. The van der Waals surface area contributed by atoms with Gasteiger partial charge in [0.15, 0.2) is 0 Å². The van der Waals surface area contributed by atoms with Gasteiger partial charge in [-0.2, -0.15) is 0 Å². The van der Waals surface area contributed by atoms with Crippen molar-refractivity contribution in [2.24, 2.45) is 5.73 Å². The zero-order chi connectivity index (χ0) is 15.1.